The van der Waals surface area contributed by atoms with Crippen LogP contribution in [0.1, 0.15) is 30.2 Å². The van der Waals surface area contributed by atoms with Crippen molar-refractivity contribution < 1.29 is 23.0 Å². The molecule has 18 heavy (non-hydrogen) atoms. The van der Waals surface area contributed by atoms with Crippen LogP contribution in [0.15, 0.2) is 12.1 Å². The number of hydrogen-bond acceptors (Lipinski definition) is 3. The summed E-state index contributed by atoms with van der Waals surface area (Å²) < 4.78 is 42.4. The van der Waals surface area contributed by atoms with Crippen LogP contribution in [0.4, 0.5) is 13.2 Å². The van der Waals surface area contributed by atoms with Crippen LogP contribution in [0.5, 0.6) is 0 Å². The maximum absolute atomic E-state index is 12.4. The highest BCUT2D eigenvalue weighted by Crippen LogP contribution is 2.34. The van der Waals surface area contributed by atoms with Crippen molar-refractivity contribution in [3.8, 4) is 0 Å². The van der Waals surface area contributed by atoms with Crippen molar-refractivity contribution in [2.24, 2.45) is 0 Å². The number of aromatic nitrogens is 1. The van der Waals surface area contributed by atoms with Crippen molar-refractivity contribution in [3.05, 3.63) is 28.5 Å². The van der Waals surface area contributed by atoms with Gasteiger partial charge < -0.3 is 9.84 Å². The van der Waals surface area contributed by atoms with Crippen molar-refractivity contribution in [3.63, 3.8) is 0 Å². The number of rotatable bonds is 2. The second kappa shape index (κ2) is 5.03. The highest BCUT2D eigenvalue weighted by atomic mass is 35.5. The molecule has 2 unspecified atom stereocenters. The highest BCUT2D eigenvalue weighted by molar-refractivity contribution is 6.30. The number of hydrogen-bond donors (Lipinski definition) is 1. The zero-order valence-corrected chi connectivity index (χ0v) is 10.0. The standard InChI is InChI=1S/C11H11ClF3NO2/c12-10-6(9(17)7-2-1-5-18-7)3-4-8(16-10)11(13,14)15/h3-4,7,9,17H,1-2,5H2. The Labute approximate surface area is 107 Å². The fourth-order valence-electron chi connectivity index (χ4n) is 1.88. The van der Waals surface area contributed by atoms with E-state index in [2.05, 4.69) is 4.98 Å². The van der Waals surface area contributed by atoms with Gasteiger partial charge in [0.2, 0.25) is 0 Å². The molecule has 7 heteroatoms. The lowest BCUT2D eigenvalue weighted by atomic mass is 10.0. The first-order valence-corrected chi connectivity index (χ1v) is 5.80. The predicted molar refractivity (Wildman–Crippen MR) is 58.2 cm³/mol. The fourth-order valence-corrected chi connectivity index (χ4v) is 2.14. The van der Waals surface area contributed by atoms with Crippen molar-refractivity contribution in [1.82, 2.24) is 4.98 Å². The molecule has 2 rings (SSSR count). The molecule has 3 nitrogen and oxygen atoms in total. The summed E-state index contributed by atoms with van der Waals surface area (Å²) >= 11 is 5.68. The van der Waals surface area contributed by atoms with Gasteiger partial charge in [0.05, 0.1) is 6.10 Å². The molecule has 100 valence electrons. The molecule has 1 aliphatic heterocycles. The van der Waals surface area contributed by atoms with Crippen LogP contribution in [0.3, 0.4) is 0 Å². The number of aliphatic hydroxyl groups excluding tert-OH is 1. The van der Waals surface area contributed by atoms with Crippen molar-refractivity contribution >= 4 is 11.6 Å². The Morgan fingerprint density at radius 1 is 1.44 bits per heavy atom. The van der Waals surface area contributed by atoms with Crippen molar-refractivity contribution in [1.29, 1.82) is 0 Å². The van der Waals surface area contributed by atoms with Crippen LogP contribution in [-0.2, 0) is 10.9 Å². The second-order valence-electron chi connectivity index (χ2n) is 4.07. The number of alkyl halides is 3. The molecule has 0 amide bonds. The molecule has 2 atom stereocenters. The van der Waals surface area contributed by atoms with E-state index in [4.69, 9.17) is 16.3 Å². The summed E-state index contributed by atoms with van der Waals surface area (Å²) in [4.78, 5) is 3.26. The third kappa shape index (κ3) is 2.76. The van der Waals surface area contributed by atoms with Gasteiger partial charge in [-0.3, -0.25) is 0 Å². The van der Waals surface area contributed by atoms with Crippen molar-refractivity contribution in [2.45, 2.75) is 31.2 Å². The van der Waals surface area contributed by atoms with Crippen LogP contribution in [0, 0.1) is 0 Å². The smallest absolute Gasteiger partial charge is 0.386 e. The van der Waals surface area contributed by atoms with Gasteiger partial charge in [0, 0.05) is 12.2 Å². The average molecular weight is 282 g/mol. The normalized spacial score (nSPS) is 22.2. The molecule has 1 aromatic rings. The third-order valence-corrected chi connectivity index (χ3v) is 3.11. The largest absolute Gasteiger partial charge is 0.433 e. The first kappa shape index (κ1) is 13.6. The molecule has 0 spiro atoms. The van der Waals surface area contributed by atoms with Gasteiger partial charge >= 0.3 is 6.18 Å². The molecule has 1 aliphatic rings. The third-order valence-electron chi connectivity index (χ3n) is 2.80. The Morgan fingerprint density at radius 2 is 2.17 bits per heavy atom. The van der Waals surface area contributed by atoms with Crippen LogP contribution < -0.4 is 0 Å². The van der Waals surface area contributed by atoms with Gasteiger partial charge in [-0.1, -0.05) is 17.7 Å². The Balaban J connectivity index is 2.24. The number of ether oxygens (including phenoxy) is 1. The van der Waals surface area contributed by atoms with Gasteiger partial charge in [0.25, 0.3) is 0 Å². The Morgan fingerprint density at radius 3 is 2.67 bits per heavy atom. The molecular weight excluding hydrogens is 271 g/mol. The van der Waals surface area contributed by atoms with Gasteiger partial charge in [-0.15, -0.1) is 0 Å². The topological polar surface area (TPSA) is 42.4 Å². The van der Waals surface area contributed by atoms with E-state index in [1.54, 1.807) is 0 Å². The molecule has 0 bridgehead atoms. The summed E-state index contributed by atoms with van der Waals surface area (Å²) in [6, 6.07) is 1.95. The molecule has 1 N–H and O–H groups in total. The SMILES string of the molecule is OC(c1ccc(C(F)(F)F)nc1Cl)C1CCCO1. The second-order valence-corrected chi connectivity index (χ2v) is 4.43. The molecule has 0 radical (unpaired) electrons. The molecule has 1 saturated heterocycles. The lowest BCUT2D eigenvalue weighted by molar-refractivity contribution is -0.141. The van der Waals surface area contributed by atoms with Gasteiger partial charge in [0.1, 0.15) is 17.0 Å². The van der Waals surface area contributed by atoms with E-state index in [1.165, 1.54) is 0 Å². The van der Waals surface area contributed by atoms with E-state index in [0.29, 0.717) is 13.0 Å². The minimum atomic E-state index is -4.54. The van der Waals surface area contributed by atoms with Gasteiger partial charge in [-0.25, -0.2) is 4.98 Å². The zero-order valence-electron chi connectivity index (χ0n) is 9.25. The lowest BCUT2D eigenvalue weighted by Gasteiger charge is -2.19. The summed E-state index contributed by atoms with van der Waals surface area (Å²) in [5.41, 5.74) is -0.910. The minimum absolute atomic E-state index is 0.163. The van der Waals surface area contributed by atoms with Crippen molar-refractivity contribution in [2.75, 3.05) is 6.61 Å². The Hall–Kier alpha value is -0.850. The zero-order chi connectivity index (χ0) is 13.3. The van der Waals surface area contributed by atoms with Crippen LogP contribution in [0.25, 0.3) is 0 Å². The lowest BCUT2D eigenvalue weighted by Crippen LogP contribution is -2.18. The summed E-state index contributed by atoms with van der Waals surface area (Å²) in [5.74, 6) is 0. The highest BCUT2D eigenvalue weighted by Gasteiger charge is 2.34. The van der Waals surface area contributed by atoms with Crippen LogP contribution in [0.2, 0.25) is 5.15 Å². The Kier molecular flexibility index (Phi) is 3.79. The van der Waals surface area contributed by atoms with E-state index >= 15 is 0 Å². The Bertz CT molecular complexity index is 433. The molecule has 0 aromatic carbocycles. The fraction of sp³-hybridized carbons (Fsp3) is 0.545. The first-order valence-electron chi connectivity index (χ1n) is 5.43. The molecular formula is C11H11ClF3NO2. The summed E-state index contributed by atoms with van der Waals surface area (Å²) in [7, 11) is 0. The van der Waals surface area contributed by atoms with E-state index in [0.717, 1.165) is 18.6 Å². The van der Waals surface area contributed by atoms with Gasteiger partial charge in [-0.2, -0.15) is 13.2 Å². The molecule has 1 fully saturated rings. The van der Waals surface area contributed by atoms with Gasteiger partial charge in [0.15, 0.2) is 0 Å². The van der Waals surface area contributed by atoms with Crippen LogP contribution >= 0.6 is 11.6 Å². The maximum Gasteiger partial charge on any atom is 0.433 e. The first-order chi connectivity index (χ1) is 8.39. The number of halogens is 4. The summed E-state index contributed by atoms with van der Waals surface area (Å²) in [6.07, 6.45) is -4.56. The molecule has 0 saturated carbocycles. The predicted octanol–water partition coefficient (Wildman–Crippen LogP) is 2.97. The average Bonchev–Trinajstić information content (AvgIpc) is 2.80. The number of pyridine rings is 1. The van der Waals surface area contributed by atoms with E-state index < -0.39 is 24.1 Å². The maximum atomic E-state index is 12.4. The molecule has 2 heterocycles. The quantitative estimate of drug-likeness (QED) is 0.848. The number of aliphatic hydroxyl groups is 1. The van der Waals surface area contributed by atoms with E-state index in [-0.39, 0.29) is 10.7 Å². The van der Waals surface area contributed by atoms with E-state index in [9.17, 15) is 18.3 Å². The summed E-state index contributed by atoms with van der Waals surface area (Å²) in [6.45, 7) is 0.535. The number of nitrogens with zero attached hydrogens (tertiary/aromatic N) is 1. The molecule has 0 aliphatic carbocycles. The monoisotopic (exact) mass is 281 g/mol. The summed E-state index contributed by atoms with van der Waals surface area (Å²) in [5, 5.41) is 9.62. The van der Waals surface area contributed by atoms with Crippen LogP contribution in [-0.4, -0.2) is 22.8 Å². The van der Waals surface area contributed by atoms with E-state index in [1.807, 2.05) is 0 Å². The molecule has 1 aromatic heterocycles. The van der Waals surface area contributed by atoms with Gasteiger partial charge in [-0.05, 0) is 18.9 Å². The minimum Gasteiger partial charge on any atom is -0.386 e.